The van der Waals surface area contributed by atoms with Crippen LogP contribution in [-0.4, -0.2) is 12.1 Å². The molecule has 0 heterocycles. The topological polar surface area (TPSA) is 12.0 Å². The molecule has 2 atom stereocenters. The maximum Gasteiger partial charge on any atom is 0.0183 e. The van der Waals surface area contributed by atoms with Gasteiger partial charge in [-0.15, -0.1) is 0 Å². The molecule has 2 unspecified atom stereocenters. The van der Waals surface area contributed by atoms with Gasteiger partial charge in [-0.1, -0.05) is 53.9 Å². The monoisotopic (exact) mass is 223 g/mol. The predicted molar refractivity (Wildman–Crippen MR) is 70.5 cm³/mol. The van der Waals surface area contributed by atoms with E-state index in [4.69, 9.17) is 0 Å². The minimum absolute atomic E-state index is 0.489. The lowest BCUT2D eigenvalue weighted by Gasteiger charge is -2.32. The van der Waals surface area contributed by atoms with Crippen LogP contribution in [0.25, 0.3) is 0 Å². The van der Waals surface area contributed by atoms with Gasteiger partial charge < -0.3 is 5.32 Å². The van der Waals surface area contributed by atoms with E-state index in [1.807, 2.05) is 0 Å². The highest BCUT2D eigenvalue weighted by atomic mass is 15.1. The number of rotatable bonds is 3. The van der Waals surface area contributed by atoms with Crippen LogP contribution >= 0.6 is 0 Å². The Bertz CT molecular complexity index is 240. The van der Waals surface area contributed by atoms with Crippen LogP contribution in [0.5, 0.6) is 0 Å². The highest BCUT2D eigenvalue weighted by molar-refractivity contribution is 5.18. The van der Waals surface area contributed by atoms with Gasteiger partial charge in [0.1, 0.15) is 0 Å². The SMILES string of the molecule is CCC1CCCCC1NC1C(C)(C)C1(C)C. The Hall–Kier alpha value is -0.0400. The van der Waals surface area contributed by atoms with Crippen LogP contribution in [0.2, 0.25) is 0 Å². The Labute approximate surface area is 101 Å². The summed E-state index contributed by atoms with van der Waals surface area (Å²) < 4.78 is 0. The Morgan fingerprint density at radius 2 is 1.56 bits per heavy atom. The lowest BCUT2D eigenvalue weighted by Crippen LogP contribution is -2.41. The quantitative estimate of drug-likeness (QED) is 0.763. The van der Waals surface area contributed by atoms with Gasteiger partial charge in [0.2, 0.25) is 0 Å². The molecule has 2 aliphatic rings. The average molecular weight is 223 g/mol. The van der Waals surface area contributed by atoms with Crippen LogP contribution in [0.3, 0.4) is 0 Å². The second-order valence-electron chi connectivity index (χ2n) is 7.10. The third-order valence-electron chi connectivity index (χ3n) is 5.83. The molecule has 2 saturated carbocycles. The fourth-order valence-corrected chi connectivity index (χ4v) is 3.74. The zero-order valence-electron chi connectivity index (χ0n) is 11.8. The van der Waals surface area contributed by atoms with Crippen molar-refractivity contribution in [2.24, 2.45) is 16.7 Å². The maximum absolute atomic E-state index is 3.97. The zero-order valence-corrected chi connectivity index (χ0v) is 11.8. The summed E-state index contributed by atoms with van der Waals surface area (Å²) in [7, 11) is 0. The number of hydrogen-bond acceptors (Lipinski definition) is 1. The highest BCUT2D eigenvalue weighted by Gasteiger charge is 2.65. The van der Waals surface area contributed by atoms with Gasteiger partial charge in [0, 0.05) is 12.1 Å². The first-order valence-corrected chi connectivity index (χ1v) is 7.17. The summed E-state index contributed by atoms with van der Waals surface area (Å²) in [5, 5.41) is 3.97. The van der Waals surface area contributed by atoms with Crippen molar-refractivity contribution in [3.8, 4) is 0 Å². The first kappa shape index (κ1) is 12.4. The summed E-state index contributed by atoms with van der Waals surface area (Å²) in [5.41, 5.74) is 0.978. The zero-order chi connectivity index (χ0) is 12.0. The fourth-order valence-electron chi connectivity index (χ4n) is 3.74. The van der Waals surface area contributed by atoms with Crippen molar-refractivity contribution in [3.05, 3.63) is 0 Å². The molecule has 0 spiro atoms. The molecule has 1 heteroatoms. The summed E-state index contributed by atoms with van der Waals surface area (Å²) in [6.07, 6.45) is 7.09. The smallest absolute Gasteiger partial charge is 0.0183 e. The van der Waals surface area contributed by atoms with Crippen LogP contribution in [0.4, 0.5) is 0 Å². The summed E-state index contributed by atoms with van der Waals surface area (Å²) in [4.78, 5) is 0. The highest BCUT2D eigenvalue weighted by Crippen LogP contribution is 2.63. The summed E-state index contributed by atoms with van der Waals surface area (Å²) in [6, 6.07) is 1.53. The molecule has 2 aliphatic carbocycles. The van der Waals surface area contributed by atoms with E-state index >= 15 is 0 Å². The predicted octanol–water partition coefficient (Wildman–Crippen LogP) is 3.98. The Morgan fingerprint density at radius 3 is 2.06 bits per heavy atom. The summed E-state index contributed by atoms with van der Waals surface area (Å²) >= 11 is 0. The normalized spacial score (nSPS) is 37.3. The minimum Gasteiger partial charge on any atom is -0.310 e. The second-order valence-corrected chi connectivity index (χ2v) is 7.10. The number of hydrogen-bond donors (Lipinski definition) is 1. The van der Waals surface area contributed by atoms with E-state index < -0.39 is 0 Å². The molecular formula is C15H29N. The van der Waals surface area contributed by atoms with E-state index in [-0.39, 0.29) is 0 Å². The van der Waals surface area contributed by atoms with Gasteiger partial charge in [-0.05, 0) is 29.6 Å². The molecule has 0 aromatic heterocycles. The van der Waals surface area contributed by atoms with Crippen LogP contribution in [0.15, 0.2) is 0 Å². The van der Waals surface area contributed by atoms with Gasteiger partial charge in [-0.2, -0.15) is 0 Å². The van der Waals surface area contributed by atoms with Crippen LogP contribution in [-0.2, 0) is 0 Å². The van der Waals surface area contributed by atoms with Crippen molar-refractivity contribution in [3.63, 3.8) is 0 Å². The van der Waals surface area contributed by atoms with Gasteiger partial charge in [0.25, 0.3) is 0 Å². The van der Waals surface area contributed by atoms with Gasteiger partial charge in [0.15, 0.2) is 0 Å². The van der Waals surface area contributed by atoms with E-state index in [2.05, 4.69) is 39.9 Å². The van der Waals surface area contributed by atoms with E-state index in [9.17, 15) is 0 Å². The van der Waals surface area contributed by atoms with E-state index in [0.717, 1.165) is 18.0 Å². The Morgan fingerprint density at radius 1 is 1.00 bits per heavy atom. The Kier molecular flexibility index (Phi) is 3.11. The first-order valence-electron chi connectivity index (χ1n) is 7.17. The van der Waals surface area contributed by atoms with Crippen molar-refractivity contribution >= 4 is 0 Å². The lowest BCUT2D eigenvalue weighted by molar-refractivity contribution is 0.244. The van der Waals surface area contributed by atoms with Crippen molar-refractivity contribution in [2.75, 3.05) is 0 Å². The molecule has 94 valence electrons. The molecule has 0 saturated heterocycles. The summed E-state index contributed by atoms with van der Waals surface area (Å²) in [5.74, 6) is 0.931. The molecule has 2 fully saturated rings. The van der Waals surface area contributed by atoms with Crippen LogP contribution < -0.4 is 5.32 Å². The third-order valence-corrected chi connectivity index (χ3v) is 5.83. The molecule has 16 heavy (non-hydrogen) atoms. The molecule has 0 bridgehead atoms. The van der Waals surface area contributed by atoms with Gasteiger partial charge in [0.05, 0.1) is 0 Å². The second kappa shape index (κ2) is 4.01. The minimum atomic E-state index is 0.489. The van der Waals surface area contributed by atoms with E-state index in [1.165, 1.54) is 32.1 Å². The summed E-state index contributed by atoms with van der Waals surface area (Å²) in [6.45, 7) is 12.0. The molecule has 0 aliphatic heterocycles. The standard InChI is InChI=1S/C15H29N/c1-6-11-9-7-8-10-12(11)16-13-14(2,3)15(13,4)5/h11-13,16H,6-10H2,1-5H3. The largest absolute Gasteiger partial charge is 0.310 e. The molecule has 2 rings (SSSR count). The first-order chi connectivity index (χ1) is 7.41. The Balaban J connectivity index is 1.95. The van der Waals surface area contributed by atoms with Crippen molar-refractivity contribution in [1.29, 1.82) is 0 Å². The van der Waals surface area contributed by atoms with Crippen LogP contribution in [0.1, 0.15) is 66.7 Å². The molecule has 0 aromatic rings. The van der Waals surface area contributed by atoms with Crippen molar-refractivity contribution in [2.45, 2.75) is 78.8 Å². The maximum atomic E-state index is 3.97. The van der Waals surface area contributed by atoms with Crippen molar-refractivity contribution < 1.29 is 0 Å². The number of nitrogens with one attached hydrogen (secondary N) is 1. The third kappa shape index (κ3) is 1.81. The van der Waals surface area contributed by atoms with E-state index in [0.29, 0.717) is 10.8 Å². The molecule has 1 N–H and O–H groups in total. The van der Waals surface area contributed by atoms with Crippen LogP contribution in [0, 0.1) is 16.7 Å². The van der Waals surface area contributed by atoms with Gasteiger partial charge in [-0.3, -0.25) is 0 Å². The average Bonchev–Trinajstić information content (AvgIpc) is 2.62. The van der Waals surface area contributed by atoms with Crippen molar-refractivity contribution in [1.82, 2.24) is 5.32 Å². The van der Waals surface area contributed by atoms with E-state index in [1.54, 1.807) is 0 Å². The van der Waals surface area contributed by atoms with Gasteiger partial charge in [-0.25, -0.2) is 0 Å². The molecular weight excluding hydrogens is 194 g/mol. The fraction of sp³-hybridized carbons (Fsp3) is 1.00. The molecule has 0 radical (unpaired) electrons. The van der Waals surface area contributed by atoms with Gasteiger partial charge >= 0.3 is 0 Å². The molecule has 0 amide bonds. The molecule has 0 aromatic carbocycles. The molecule has 1 nitrogen and oxygen atoms in total. The lowest BCUT2D eigenvalue weighted by atomic mass is 9.82.